The Morgan fingerprint density at radius 1 is 1.53 bits per heavy atom. The molecular formula is C14H24N2O2S. The minimum atomic E-state index is -0.485. The molecule has 0 aromatic carbocycles. The molecule has 0 aliphatic carbocycles. The number of amides is 1. The van der Waals surface area contributed by atoms with Gasteiger partial charge in [0.25, 0.3) is 0 Å². The summed E-state index contributed by atoms with van der Waals surface area (Å²) in [5.74, 6) is 0. The second-order valence-electron chi connectivity index (χ2n) is 5.51. The van der Waals surface area contributed by atoms with Crippen molar-refractivity contribution in [2.45, 2.75) is 52.2 Å². The largest absolute Gasteiger partial charge is 0.444 e. The molecule has 0 spiro atoms. The van der Waals surface area contributed by atoms with Gasteiger partial charge in [-0.25, -0.2) is 4.79 Å². The summed E-state index contributed by atoms with van der Waals surface area (Å²) in [6, 6.07) is 2.04. The maximum Gasteiger partial charge on any atom is 0.407 e. The van der Waals surface area contributed by atoms with Crippen LogP contribution in [-0.4, -0.2) is 24.3 Å². The van der Waals surface area contributed by atoms with E-state index in [4.69, 9.17) is 10.5 Å². The normalized spacial score (nSPS) is 13.1. The number of carbonyl (C=O) groups excluding carboxylic acids is 1. The van der Waals surface area contributed by atoms with Crippen molar-refractivity contribution in [1.29, 1.82) is 0 Å². The Hall–Kier alpha value is -1.07. The highest BCUT2D eigenvalue weighted by molar-refractivity contribution is 7.10. The van der Waals surface area contributed by atoms with Gasteiger partial charge in [-0.15, -0.1) is 11.3 Å². The number of nitrogens with one attached hydrogen (secondary N) is 1. The van der Waals surface area contributed by atoms with Crippen molar-refractivity contribution in [2.24, 2.45) is 5.73 Å². The summed E-state index contributed by atoms with van der Waals surface area (Å²) in [4.78, 5) is 13.0. The lowest BCUT2D eigenvalue weighted by Crippen LogP contribution is -2.44. The van der Waals surface area contributed by atoms with Crippen molar-refractivity contribution >= 4 is 17.4 Å². The van der Waals surface area contributed by atoms with Gasteiger partial charge in [0.05, 0.1) is 0 Å². The molecule has 0 radical (unpaired) electrons. The third-order valence-corrected chi connectivity index (χ3v) is 3.64. The fraction of sp³-hybridized carbons (Fsp3) is 0.643. The van der Waals surface area contributed by atoms with Gasteiger partial charge in [-0.05, 0) is 44.2 Å². The Morgan fingerprint density at radius 2 is 2.21 bits per heavy atom. The number of alkyl carbamates (subject to hydrolysis) is 1. The summed E-state index contributed by atoms with van der Waals surface area (Å²) in [5, 5.41) is 4.91. The maximum atomic E-state index is 11.7. The van der Waals surface area contributed by atoms with Crippen molar-refractivity contribution in [3.63, 3.8) is 0 Å². The van der Waals surface area contributed by atoms with Crippen LogP contribution in [0, 0.1) is 0 Å². The fourth-order valence-corrected chi connectivity index (χ4v) is 2.81. The Morgan fingerprint density at radius 3 is 2.74 bits per heavy atom. The van der Waals surface area contributed by atoms with Crippen molar-refractivity contribution in [3.8, 4) is 0 Å². The standard InChI is InChI=1S/C14H24N2O2S/c1-5-10-6-7-19-12(10)8-11(9-15)16-13(17)18-14(2,3)4/h6-7,11H,5,8-9,15H2,1-4H3,(H,16,17). The van der Waals surface area contributed by atoms with Crippen LogP contribution < -0.4 is 11.1 Å². The van der Waals surface area contributed by atoms with Crippen LogP contribution in [0.2, 0.25) is 0 Å². The molecule has 0 bridgehead atoms. The van der Waals surface area contributed by atoms with Gasteiger partial charge in [0.15, 0.2) is 0 Å². The molecule has 0 saturated carbocycles. The van der Waals surface area contributed by atoms with Crippen LogP contribution in [-0.2, 0) is 17.6 Å². The molecule has 1 heterocycles. The van der Waals surface area contributed by atoms with E-state index in [2.05, 4.69) is 23.7 Å². The molecule has 108 valence electrons. The summed E-state index contributed by atoms with van der Waals surface area (Å²) in [6.07, 6.45) is 1.36. The van der Waals surface area contributed by atoms with Crippen LogP contribution >= 0.6 is 11.3 Å². The zero-order valence-corrected chi connectivity index (χ0v) is 13.0. The molecule has 0 fully saturated rings. The van der Waals surface area contributed by atoms with Crippen LogP contribution in [0.5, 0.6) is 0 Å². The summed E-state index contributed by atoms with van der Waals surface area (Å²) in [7, 11) is 0. The first-order valence-electron chi connectivity index (χ1n) is 6.60. The molecule has 4 nitrogen and oxygen atoms in total. The molecule has 1 unspecified atom stereocenters. The van der Waals surface area contributed by atoms with Crippen LogP contribution in [0.25, 0.3) is 0 Å². The minimum absolute atomic E-state index is 0.0844. The van der Waals surface area contributed by atoms with E-state index in [1.54, 1.807) is 11.3 Å². The van der Waals surface area contributed by atoms with Crippen LogP contribution in [0.3, 0.4) is 0 Å². The molecule has 1 amide bonds. The topological polar surface area (TPSA) is 64.3 Å². The summed E-state index contributed by atoms with van der Waals surface area (Å²) < 4.78 is 5.24. The second-order valence-corrected chi connectivity index (χ2v) is 6.51. The number of rotatable bonds is 5. The highest BCUT2D eigenvalue weighted by atomic mass is 32.1. The summed E-state index contributed by atoms with van der Waals surface area (Å²) >= 11 is 1.71. The first-order chi connectivity index (χ1) is 8.85. The summed E-state index contributed by atoms with van der Waals surface area (Å²) in [5.41, 5.74) is 6.57. The zero-order chi connectivity index (χ0) is 14.5. The van der Waals surface area contributed by atoms with E-state index in [0.717, 1.165) is 12.8 Å². The highest BCUT2D eigenvalue weighted by Crippen LogP contribution is 2.19. The van der Waals surface area contributed by atoms with Gasteiger partial charge < -0.3 is 15.8 Å². The Balaban J connectivity index is 2.57. The first-order valence-corrected chi connectivity index (χ1v) is 7.48. The number of nitrogens with two attached hydrogens (primary N) is 1. The SMILES string of the molecule is CCc1ccsc1CC(CN)NC(=O)OC(C)(C)C. The van der Waals surface area contributed by atoms with E-state index >= 15 is 0 Å². The maximum absolute atomic E-state index is 11.7. The number of ether oxygens (including phenoxy) is 1. The van der Waals surface area contributed by atoms with Crippen LogP contribution in [0.15, 0.2) is 11.4 Å². The summed E-state index contributed by atoms with van der Waals surface area (Å²) in [6.45, 7) is 8.07. The van der Waals surface area contributed by atoms with Gasteiger partial charge in [-0.1, -0.05) is 6.92 Å². The smallest absolute Gasteiger partial charge is 0.407 e. The molecule has 0 aliphatic heterocycles. The molecule has 19 heavy (non-hydrogen) atoms. The predicted octanol–water partition coefficient (Wildman–Crippen LogP) is 2.71. The lowest BCUT2D eigenvalue weighted by atomic mass is 10.1. The molecule has 5 heteroatoms. The van der Waals surface area contributed by atoms with Gasteiger partial charge in [0.1, 0.15) is 5.60 Å². The average molecular weight is 284 g/mol. The lowest BCUT2D eigenvalue weighted by molar-refractivity contribution is 0.0506. The van der Waals surface area contributed by atoms with E-state index < -0.39 is 11.7 Å². The van der Waals surface area contributed by atoms with E-state index in [1.165, 1.54) is 10.4 Å². The van der Waals surface area contributed by atoms with Crippen LogP contribution in [0.4, 0.5) is 4.79 Å². The monoisotopic (exact) mass is 284 g/mol. The van der Waals surface area contributed by atoms with Gasteiger partial charge in [-0.3, -0.25) is 0 Å². The van der Waals surface area contributed by atoms with E-state index in [0.29, 0.717) is 6.54 Å². The zero-order valence-electron chi connectivity index (χ0n) is 12.2. The van der Waals surface area contributed by atoms with E-state index in [1.807, 2.05) is 20.8 Å². The molecular weight excluding hydrogens is 260 g/mol. The third-order valence-electron chi connectivity index (χ3n) is 2.66. The predicted molar refractivity (Wildman–Crippen MR) is 79.6 cm³/mol. The van der Waals surface area contributed by atoms with E-state index in [9.17, 15) is 4.79 Å². The molecule has 1 aromatic rings. The highest BCUT2D eigenvalue weighted by Gasteiger charge is 2.19. The molecule has 0 saturated heterocycles. The Labute approximate surface area is 119 Å². The number of thiophene rings is 1. The van der Waals surface area contributed by atoms with Gasteiger partial charge in [0, 0.05) is 23.9 Å². The van der Waals surface area contributed by atoms with Crippen LogP contribution in [0.1, 0.15) is 38.1 Å². The number of hydrogen-bond acceptors (Lipinski definition) is 4. The van der Waals surface area contributed by atoms with Crippen molar-refractivity contribution in [1.82, 2.24) is 5.32 Å². The van der Waals surface area contributed by atoms with Gasteiger partial charge in [0.2, 0.25) is 0 Å². The number of carbonyl (C=O) groups is 1. The first kappa shape index (κ1) is 16.0. The van der Waals surface area contributed by atoms with Gasteiger partial charge in [-0.2, -0.15) is 0 Å². The molecule has 1 aromatic heterocycles. The molecule has 1 atom stereocenters. The van der Waals surface area contributed by atoms with Crippen molar-refractivity contribution < 1.29 is 9.53 Å². The van der Waals surface area contributed by atoms with E-state index in [-0.39, 0.29) is 6.04 Å². The molecule has 3 N–H and O–H groups in total. The van der Waals surface area contributed by atoms with Crippen molar-refractivity contribution in [3.05, 3.63) is 21.9 Å². The Bertz CT molecular complexity index is 410. The number of hydrogen-bond donors (Lipinski definition) is 2. The fourth-order valence-electron chi connectivity index (χ4n) is 1.75. The second kappa shape index (κ2) is 6.91. The minimum Gasteiger partial charge on any atom is -0.444 e. The average Bonchev–Trinajstić information content (AvgIpc) is 2.72. The molecule has 0 aliphatic rings. The quantitative estimate of drug-likeness (QED) is 0.873. The molecule has 1 rings (SSSR count). The third kappa shape index (κ3) is 5.61. The van der Waals surface area contributed by atoms with Gasteiger partial charge >= 0.3 is 6.09 Å². The van der Waals surface area contributed by atoms with Crippen molar-refractivity contribution in [2.75, 3.05) is 6.54 Å². The lowest BCUT2D eigenvalue weighted by Gasteiger charge is -2.23. The Kier molecular flexibility index (Phi) is 5.82. The number of aryl methyl sites for hydroxylation is 1.